The second-order valence-corrected chi connectivity index (χ2v) is 5.62. The SMILES string of the molecule is CC(c1ccccc1)(c1ccccc1)[C@@H]1CCNC1. The molecule has 1 N–H and O–H groups in total. The molecular weight excluding hydrogens is 230 g/mol. The second kappa shape index (κ2) is 5.18. The van der Waals surface area contributed by atoms with Crippen LogP contribution < -0.4 is 5.32 Å². The zero-order chi connectivity index (χ0) is 13.1. The molecule has 0 amide bonds. The monoisotopic (exact) mass is 251 g/mol. The van der Waals surface area contributed by atoms with Crippen molar-refractivity contribution < 1.29 is 0 Å². The summed E-state index contributed by atoms with van der Waals surface area (Å²) in [6, 6.07) is 21.9. The van der Waals surface area contributed by atoms with Gasteiger partial charge in [-0.05, 0) is 36.6 Å². The molecule has 1 aliphatic heterocycles. The molecule has 2 aromatic rings. The highest BCUT2D eigenvalue weighted by Crippen LogP contribution is 2.41. The van der Waals surface area contributed by atoms with E-state index in [4.69, 9.17) is 0 Å². The molecule has 0 aromatic heterocycles. The summed E-state index contributed by atoms with van der Waals surface area (Å²) in [6.07, 6.45) is 1.25. The van der Waals surface area contributed by atoms with Gasteiger partial charge in [-0.1, -0.05) is 67.6 Å². The maximum Gasteiger partial charge on any atom is 0.0215 e. The van der Waals surface area contributed by atoms with E-state index < -0.39 is 0 Å². The molecule has 1 heterocycles. The van der Waals surface area contributed by atoms with E-state index in [9.17, 15) is 0 Å². The predicted molar refractivity (Wildman–Crippen MR) is 80.3 cm³/mol. The Kier molecular flexibility index (Phi) is 3.39. The van der Waals surface area contributed by atoms with Gasteiger partial charge < -0.3 is 5.32 Å². The van der Waals surface area contributed by atoms with Gasteiger partial charge in [0.2, 0.25) is 0 Å². The molecule has 0 spiro atoms. The van der Waals surface area contributed by atoms with Gasteiger partial charge in [0.1, 0.15) is 0 Å². The molecule has 0 radical (unpaired) electrons. The molecule has 1 saturated heterocycles. The van der Waals surface area contributed by atoms with Crippen LogP contribution in [0.15, 0.2) is 60.7 Å². The van der Waals surface area contributed by atoms with Crippen LogP contribution in [0.2, 0.25) is 0 Å². The highest BCUT2D eigenvalue weighted by Gasteiger charge is 2.38. The van der Waals surface area contributed by atoms with E-state index in [2.05, 4.69) is 72.9 Å². The summed E-state index contributed by atoms with van der Waals surface area (Å²) in [7, 11) is 0. The maximum atomic E-state index is 3.52. The normalized spacial score (nSPS) is 19.5. The van der Waals surface area contributed by atoms with Crippen LogP contribution in [0.1, 0.15) is 24.5 Å². The van der Waals surface area contributed by atoms with Gasteiger partial charge in [0.25, 0.3) is 0 Å². The summed E-state index contributed by atoms with van der Waals surface area (Å²) >= 11 is 0. The van der Waals surface area contributed by atoms with E-state index in [1.807, 2.05) is 0 Å². The Balaban J connectivity index is 2.10. The van der Waals surface area contributed by atoms with Crippen LogP contribution in [0.4, 0.5) is 0 Å². The summed E-state index contributed by atoms with van der Waals surface area (Å²) in [5.74, 6) is 0.664. The molecule has 0 bridgehead atoms. The minimum Gasteiger partial charge on any atom is -0.316 e. The molecule has 3 rings (SSSR count). The fourth-order valence-electron chi connectivity index (χ4n) is 3.35. The quantitative estimate of drug-likeness (QED) is 0.879. The predicted octanol–water partition coefficient (Wildman–Crippen LogP) is 3.60. The molecule has 1 fully saturated rings. The third kappa shape index (κ3) is 2.19. The second-order valence-electron chi connectivity index (χ2n) is 5.62. The van der Waals surface area contributed by atoms with Crippen LogP contribution in [0.25, 0.3) is 0 Å². The molecule has 1 nitrogen and oxygen atoms in total. The van der Waals surface area contributed by atoms with Gasteiger partial charge in [-0.15, -0.1) is 0 Å². The van der Waals surface area contributed by atoms with Crippen LogP contribution in [0.5, 0.6) is 0 Å². The highest BCUT2D eigenvalue weighted by atomic mass is 14.9. The van der Waals surface area contributed by atoms with Gasteiger partial charge in [-0.3, -0.25) is 0 Å². The third-order valence-corrected chi connectivity index (χ3v) is 4.62. The third-order valence-electron chi connectivity index (χ3n) is 4.62. The van der Waals surface area contributed by atoms with Crippen molar-refractivity contribution in [1.82, 2.24) is 5.32 Å². The van der Waals surface area contributed by atoms with Gasteiger partial charge >= 0.3 is 0 Å². The minimum atomic E-state index is 0.103. The number of rotatable bonds is 3. The van der Waals surface area contributed by atoms with Gasteiger partial charge in [0, 0.05) is 5.41 Å². The number of nitrogens with one attached hydrogen (secondary N) is 1. The van der Waals surface area contributed by atoms with E-state index in [0.717, 1.165) is 13.1 Å². The average molecular weight is 251 g/mol. The molecule has 0 aliphatic carbocycles. The molecule has 1 aliphatic rings. The van der Waals surface area contributed by atoms with Crippen molar-refractivity contribution in [3.8, 4) is 0 Å². The lowest BCUT2D eigenvalue weighted by Gasteiger charge is -2.36. The van der Waals surface area contributed by atoms with Gasteiger partial charge in [0.05, 0.1) is 0 Å². The zero-order valence-electron chi connectivity index (χ0n) is 11.5. The summed E-state index contributed by atoms with van der Waals surface area (Å²) in [5.41, 5.74) is 2.95. The Morgan fingerprint density at radius 2 is 1.42 bits per heavy atom. The molecule has 0 saturated carbocycles. The topological polar surface area (TPSA) is 12.0 Å². The molecule has 19 heavy (non-hydrogen) atoms. The van der Waals surface area contributed by atoms with Crippen molar-refractivity contribution in [3.63, 3.8) is 0 Å². The highest BCUT2D eigenvalue weighted by molar-refractivity contribution is 5.39. The summed E-state index contributed by atoms with van der Waals surface area (Å²) in [6.45, 7) is 4.65. The molecule has 98 valence electrons. The Bertz CT molecular complexity index is 472. The lowest BCUT2D eigenvalue weighted by molar-refractivity contribution is 0.373. The number of benzene rings is 2. The molecule has 2 aromatic carbocycles. The zero-order valence-corrected chi connectivity index (χ0v) is 11.5. The largest absolute Gasteiger partial charge is 0.316 e. The summed E-state index contributed by atoms with van der Waals surface area (Å²) < 4.78 is 0. The lowest BCUT2D eigenvalue weighted by atomic mass is 9.67. The summed E-state index contributed by atoms with van der Waals surface area (Å²) in [4.78, 5) is 0. The smallest absolute Gasteiger partial charge is 0.0215 e. The Morgan fingerprint density at radius 3 is 1.84 bits per heavy atom. The fraction of sp³-hybridized carbons (Fsp3) is 0.333. The standard InChI is InChI=1S/C18H21N/c1-18(17-12-13-19-14-17,15-8-4-2-5-9-15)16-10-6-3-7-11-16/h2-11,17,19H,12-14H2,1H3/t17-/m1/s1. The van der Waals surface area contributed by atoms with Crippen LogP contribution in [0.3, 0.4) is 0 Å². The Labute approximate surface area is 115 Å². The van der Waals surface area contributed by atoms with E-state index in [1.165, 1.54) is 17.5 Å². The average Bonchev–Trinajstić information content (AvgIpc) is 3.03. The van der Waals surface area contributed by atoms with Crippen molar-refractivity contribution >= 4 is 0 Å². The van der Waals surface area contributed by atoms with Gasteiger partial charge in [0.15, 0.2) is 0 Å². The van der Waals surface area contributed by atoms with E-state index in [-0.39, 0.29) is 5.41 Å². The Hall–Kier alpha value is -1.60. The molecule has 1 heteroatoms. The molecular formula is C18H21N. The number of hydrogen-bond acceptors (Lipinski definition) is 1. The van der Waals surface area contributed by atoms with Crippen molar-refractivity contribution in [2.75, 3.05) is 13.1 Å². The first kappa shape index (κ1) is 12.4. The van der Waals surface area contributed by atoms with Crippen molar-refractivity contribution in [1.29, 1.82) is 0 Å². The first-order valence-electron chi connectivity index (χ1n) is 7.13. The fourth-order valence-corrected chi connectivity index (χ4v) is 3.35. The van der Waals surface area contributed by atoms with Crippen molar-refractivity contribution in [3.05, 3.63) is 71.8 Å². The lowest BCUT2D eigenvalue weighted by Crippen LogP contribution is -2.34. The molecule has 0 unspecified atom stereocenters. The maximum absolute atomic E-state index is 3.52. The molecule has 1 atom stereocenters. The van der Waals surface area contributed by atoms with Gasteiger partial charge in [-0.2, -0.15) is 0 Å². The van der Waals surface area contributed by atoms with Gasteiger partial charge in [-0.25, -0.2) is 0 Å². The first-order chi connectivity index (χ1) is 9.32. The van der Waals surface area contributed by atoms with E-state index in [0.29, 0.717) is 5.92 Å². The van der Waals surface area contributed by atoms with Crippen molar-refractivity contribution in [2.24, 2.45) is 5.92 Å². The van der Waals surface area contributed by atoms with Crippen molar-refractivity contribution in [2.45, 2.75) is 18.8 Å². The summed E-state index contributed by atoms with van der Waals surface area (Å²) in [5, 5.41) is 3.52. The number of hydrogen-bond donors (Lipinski definition) is 1. The van der Waals surface area contributed by atoms with Crippen LogP contribution >= 0.6 is 0 Å². The van der Waals surface area contributed by atoms with Crippen LogP contribution in [-0.2, 0) is 5.41 Å². The van der Waals surface area contributed by atoms with Crippen LogP contribution in [-0.4, -0.2) is 13.1 Å². The van der Waals surface area contributed by atoms with E-state index >= 15 is 0 Å². The minimum absolute atomic E-state index is 0.103. The first-order valence-corrected chi connectivity index (χ1v) is 7.13. The Morgan fingerprint density at radius 1 is 0.895 bits per heavy atom. The van der Waals surface area contributed by atoms with Crippen LogP contribution in [0, 0.1) is 5.92 Å². The van der Waals surface area contributed by atoms with E-state index in [1.54, 1.807) is 0 Å².